The maximum atomic E-state index is 12.8. The number of esters is 1. The summed E-state index contributed by atoms with van der Waals surface area (Å²) in [7, 11) is 1.75. The Morgan fingerprint density at radius 1 is 1.10 bits per heavy atom. The Morgan fingerprint density at radius 2 is 1.77 bits per heavy atom. The minimum absolute atomic E-state index is 0.0405. The fourth-order valence-corrected chi connectivity index (χ4v) is 5.59. The standard InChI is InChI=1S/C27H37N5O6S/c1-17-23(26(37)30-16-14-21(33)34)39-27(32(17)2)31-25(36)19-12-10-18(11-13-19)24(28)29-15-6-9-22(35)38-20-7-4-3-5-8-20/h10-13,17,20,23H,3-9,14-16H2,1-2H3,(H2,28,29)(H,30,37)(H,33,34). The summed E-state index contributed by atoms with van der Waals surface area (Å²) in [6, 6.07) is 6.39. The zero-order valence-corrected chi connectivity index (χ0v) is 23.2. The molecule has 212 valence electrons. The Morgan fingerprint density at radius 3 is 2.44 bits per heavy atom. The van der Waals surface area contributed by atoms with Gasteiger partial charge in [-0.05, 0) is 51.2 Å². The lowest BCUT2D eigenvalue weighted by Gasteiger charge is -2.21. The van der Waals surface area contributed by atoms with Gasteiger partial charge in [0.05, 0.1) is 6.42 Å². The minimum Gasteiger partial charge on any atom is -0.481 e. The summed E-state index contributed by atoms with van der Waals surface area (Å²) < 4.78 is 5.51. The second-order valence-corrected chi connectivity index (χ2v) is 10.8. The average molecular weight is 560 g/mol. The molecule has 1 aliphatic carbocycles. The molecule has 1 saturated heterocycles. The van der Waals surface area contributed by atoms with Gasteiger partial charge in [0.1, 0.15) is 17.2 Å². The van der Waals surface area contributed by atoms with Crippen LogP contribution in [0.3, 0.4) is 0 Å². The first-order valence-electron chi connectivity index (χ1n) is 13.3. The highest BCUT2D eigenvalue weighted by Gasteiger charge is 2.39. The number of amides is 2. The molecule has 2 fully saturated rings. The highest BCUT2D eigenvalue weighted by atomic mass is 32.2. The van der Waals surface area contributed by atoms with Crippen LogP contribution in [0.15, 0.2) is 34.3 Å². The van der Waals surface area contributed by atoms with Crippen molar-refractivity contribution in [2.45, 2.75) is 75.7 Å². The van der Waals surface area contributed by atoms with Crippen LogP contribution >= 0.6 is 11.8 Å². The molecular formula is C27H37N5O6S. The number of rotatable bonds is 11. The van der Waals surface area contributed by atoms with Gasteiger partial charge in [-0.3, -0.25) is 24.2 Å². The molecule has 2 unspecified atom stereocenters. The van der Waals surface area contributed by atoms with Gasteiger partial charge < -0.3 is 25.8 Å². The molecule has 1 aromatic rings. The lowest BCUT2D eigenvalue weighted by Crippen LogP contribution is -2.41. The maximum Gasteiger partial charge on any atom is 0.306 e. The van der Waals surface area contributed by atoms with Crippen molar-refractivity contribution >= 4 is 46.5 Å². The predicted molar refractivity (Wildman–Crippen MR) is 150 cm³/mol. The Hall–Kier alpha value is -3.41. The molecular weight excluding hydrogens is 522 g/mol. The molecule has 11 nitrogen and oxygen atoms in total. The fourth-order valence-electron chi connectivity index (χ4n) is 4.32. The number of thioether (sulfide) groups is 1. The summed E-state index contributed by atoms with van der Waals surface area (Å²) in [5, 5.41) is 11.3. The lowest BCUT2D eigenvalue weighted by molar-refractivity contribution is -0.150. The van der Waals surface area contributed by atoms with E-state index in [-0.39, 0.29) is 37.0 Å². The van der Waals surface area contributed by atoms with Crippen molar-refractivity contribution in [1.29, 1.82) is 0 Å². The van der Waals surface area contributed by atoms with Gasteiger partial charge in [0.25, 0.3) is 5.91 Å². The minimum atomic E-state index is -0.988. The molecule has 2 atom stereocenters. The number of hydrogen-bond donors (Lipinski definition) is 3. The highest BCUT2D eigenvalue weighted by Crippen LogP contribution is 2.31. The van der Waals surface area contributed by atoms with Crippen LogP contribution in [-0.4, -0.2) is 82.3 Å². The van der Waals surface area contributed by atoms with E-state index >= 15 is 0 Å². The number of benzene rings is 1. The number of hydrogen-bond acceptors (Lipinski definition) is 7. The SMILES string of the molecule is CC1C(C(=O)NCCC(=O)O)SC(=NC(=O)c2ccc(C(N)=NCCCC(=O)OC3CCCCC3)cc2)N1C. The number of nitrogens with two attached hydrogens (primary N) is 1. The number of amidine groups is 2. The second kappa shape index (κ2) is 14.7. The quantitative estimate of drug-likeness (QED) is 0.160. The first kappa shape index (κ1) is 30.1. The van der Waals surface area contributed by atoms with Gasteiger partial charge in [-0.2, -0.15) is 4.99 Å². The average Bonchev–Trinajstić information content (AvgIpc) is 3.20. The third kappa shape index (κ3) is 9.09. The summed E-state index contributed by atoms with van der Waals surface area (Å²) in [6.45, 7) is 2.28. The summed E-state index contributed by atoms with van der Waals surface area (Å²) in [4.78, 5) is 58.2. The van der Waals surface area contributed by atoms with Crippen molar-refractivity contribution in [3.05, 3.63) is 35.4 Å². The zero-order valence-electron chi connectivity index (χ0n) is 22.4. The Balaban J connectivity index is 1.49. The molecule has 0 spiro atoms. The Labute approximate surface area is 232 Å². The van der Waals surface area contributed by atoms with E-state index in [9.17, 15) is 19.2 Å². The van der Waals surface area contributed by atoms with Crippen molar-refractivity contribution in [2.75, 3.05) is 20.1 Å². The number of carboxylic acid groups (broad SMARTS) is 1. The van der Waals surface area contributed by atoms with Gasteiger partial charge in [0, 0.05) is 43.7 Å². The summed E-state index contributed by atoms with van der Waals surface area (Å²) >= 11 is 1.17. The van der Waals surface area contributed by atoms with Gasteiger partial charge in [0.15, 0.2) is 5.17 Å². The summed E-state index contributed by atoms with van der Waals surface area (Å²) in [5.74, 6) is -1.61. The molecule has 12 heteroatoms. The molecule has 2 aliphatic rings. The Kier molecular flexibility index (Phi) is 11.3. The van der Waals surface area contributed by atoms with Crippen molar-refractivity contribution < 1.29 is 29.0 Å². The first-order chi connectivity index (χ1) is 18.7. The van der Waals surface area contributed by atoms with E-state index in [1.165, 1.54) is 18.2 Å². The summed E-state index contributed by atoms with van der Waals surface area (Å²) in [6.07, 6.45) is 6.08. The van der Waals surface area contributed by atoms with E-state index in [2.05, 4.69) is 15.3 Å². The van der Waals surface area contributed by atoms with Crippen LogP contribution in [-0.2, 0) is 19.1 Å². The molecule has 3 rings (SSSR count). The molecule has 0 aromatic heterocycles. The number of carbonyl (C=O) groups excluding carboxylic acids is 3. The maximum absolute atomic E-state index is 12.8. The Bertz CT molecular complexity index is 1100. The topological polar surface area (TPSA) is 164 Å². The fraction of sp³-hybridized carbons (Fsp3) is 0.556. The number of ether oxygens (including phenoxy) is 1. The van der Waals surface area contributed by atoms with Crippen LogP contribution in [0, 0.1) is 0 Å². The van der Waals surface area contributed by atoms with E-state index in [1.54, 1.807) is 36.2 Å². The van der Waals surface area contributed by atoms with Gasteiger partial charge in [-0.15, -0.1) is 0 Å². The van der Waals surface area contributed by atoms with Crippen molar-refractivity contribution in [1.82, 2.24) is 10.2 Å². The first-order valence-corrected chi connectivity index (χ1v) is 14.2. The molecule has 1 saturated carbocycles. The van der Waals surface area contributed by atoms with Crippen LogP contribution in [0.25, 0.3) is 0 Å². The van der Waals surface area contributed by atoms with Crippen molar-refractivity contribution in [3.8, 4) is 0 Å². The van der Waals surface area contributed by atoms with E-state index in [1.807, 2.05) is 6.92 Å². The van der Waals surface area contributed by atoms with Crippen LogP contribution in [0.1, 0.15) is 74.2 Å². The van der Waals surface area contributed by atoms with Gasteiger partial charge in [-0.25, -0.2) is 0 Å². The van der Waals surface area contributed by atoms with Crippen molar-refractivity contribution in [2.24, 2.45) is 15.7 Å². The van der Waals surface area contributed by atoms with Gasteiger partial charge in [-0.1, -0.05) is 30.3 Å². The van der Waals surface area contributed by atoms with E-state index in [0.29, 0.717) is 41.5 Å². The van der Waals surface area contributed by atoms with Crippen LogP contribution in [0.2, 0.25) is 0 Å². The molecule has 1 aromatic carbocycles. The van der Waals surface area contributed by atoms with E-state index < -0.39 is 17.1 Å². The summed E-state index contributed by atoms with van der Waals surface area (Å²) in [5.41, 5.74) is 7.11. The van der Waals surface area contributed by atoms with Gasteiger partial charge in [0.2, 0.25) is 5.91 Å². The molecule has 1 heterocycles. The number of carbonyl (C=O) groups is 4. The van der Waals surface area contributed by atoms with Crippen LogP contribution < -0.4 is 11.1 Å². The number of aliphatic carboxylic acids is 1. The largest absolute Gasteiger partial charge is 0.481 e. The molecule has 0 radical (unpaired) electrons. The molecule has 0 bridgehead atoms. The normalized spacial score (nSPS) is 21.1. The molecule has 2 amide bonds. The zero-order chi connectivity index (χ0) is 28.4. The van der Waals surface area contributed by atoms with Gasteiger partial charge >= 0.3 is 11.9 Å². The lowest BCUT2D eigenvalue weighted by atomic mass is 9.98. The molecule has 4 N–H and O–H groups in total. The molecule has 1 aliphatic heterocycles. The second-order valence-electron chi connectivity index (χ2n) is 9.72. The number of aliphatic imine (C=N–C) groups is 2. The highest BCUT2D eigenvalue weighted by molar-refractivity contribution is 8.15. The smallest absolute Gasteiger partial charge is 0.306 e. The van der Waals surface area contributed by atoms with Crippen molar-refractivity contribution in [3.63, 3.8) is 0 Å². The van der Waals surface area contributed by atoms with Crippen LogP contribution in [0.4, 0.5) is 0 Å². The number of nitrogens with zero attached hydrogens (tertiary/aromatic N) is 3. The number of nitrogens with one attached hydrogen (secondary N) is 1. The third-order valence-corrected chi connectivity index (χ3v) is 8.23. The third-order valence-electron chi connectivity index (χ3n) is 6.78. The van der Waals surface area contributed by atoms with Crippen LogP contribution in [0.5, 0.6) is 0 Å². The number of carboxylic acids is 1. The monoisotopic (exact) mass is 559 g/mol. The van der Waals surface area contributed by atoms with E-state index in [0.717, 1.165) is 25.7 Å². The van der Waals surface area contributed by atoms with E-state index in [4.69, 9.17) is 15.6 Å². The molecule has 39 heavy (non-hydrogen) atoms. The predicted octanol–water partition coefficient (Wildman–Crippen LogP) is 2.57.